The third kappa shape index (κ3) is 2.23. The van der Waals surface area contributed by atoms with Crippen LogP contribution < -0.4 is 10.6 Å². The number of anilines is 2. The van der Waals surface area contributed by atoms with Crippen molar-refractivity contribution in [3.05, 3.63) is 12.1 Å². The minimum Gasteiger partial charge on any atom is -0.397 e. The highest BCUT2D eigenvalue weighted by Crippen LogP contribution is 2.30. The van der Waals surface area contributed by atoms with E-state index in [0.29, 0.717) is 17.3 Å². The van der Waals surface area contributed by atoms with Crippen molar-refractivity contribution in [1.82, 2.24) is 10.3 Å². The van der Waals surface area contributed by atoms with E-state index in [1.165, 1.54) is 0 Å². The maximum absolute atomic E-state index is 5.86. The molecule has 0 radical (unpaired) electrons. The van der Waals surface area contributed by atoms with Gasteiger partial charge in [-0.2, -0.15) is 0 Å². The lowest BCUT2D eigenvalue weighted by Crippen LogP contribution is -2.37. The molecule has 6 nitrogen and oxygen atoms in total. The molecule has 0 bridgehead atoms. The molecule has 2 aromatic rings. The molecule has 6 heteroatoms. The van der Waals surface area contributed by atoms with Gasteiger partial charge in [-0.1, -0.05) is 0 Å². The Kier molecular flexibility index (Phi) is 3.25. The highest BCUT2D eigenvalue weighted by molar-refractivity contribution is 5.95. The molecule has 2 heterocycles. The minimum atomic E-state index is 0.376. The molecule has 102 valence electrons. The number of nitrogen functional groups attached to an aromatic ring is 1. The maximum Gasteiger partial charge on any atom is 0.160 e. The van der Waals surface area contributed by atoms with Crippen LogP contribution in [0, 0.1) is 0 Å². The van der Waals surface area contributed by atoms with E-state index in [-0.39, 0.29) is 0 Å². The van der Waals surface area contributed by atoms with Gasteiger partial charge in [-0.15, -0.1) is 0 Å². The molecule has 1 aromatic heterocycles. The Morgan fingerprint density at radius 2 is 2.05 bits per heavy atom. The van der Waals surface area contributed by atoms with Crippen LogP contribution in [0.4, 0.5) is 11.4 Å². The first kappa shape index (κ1) is 12.2. The molecule has 1 aliphatic heterocycles. The van der Waals surface area contributed by atoms with Gasteiger partial charge >= 0.3 is 0 Å². The standard InChI is InChI=1S/C13H18N4O2/c1-2-18-9-5-7-17(8-6-9)11-4-3-10(14)12-13(11)16-19-15-12/h3-4,9H,2,5-8,14H2,1H3. The van der Waals surface area contributed by atoms with E-state index in [9.17, 15) is 0 Å². The van der Waals surface area contributed by atoms with Gasteiger partial charge in [-0.25, -0.2) is 4.63 Å². The lowest BCUT2D eigenvalue weighted by atomic mass is 10.1. The average Bonchev–Trinajstić information content (AvgIpc) is 2.91. The van der Waals surface area contributed by atoms with Crippen LogP contribution in [0.15, 0.2) is 16.8 Å². The molecular formula is C13H18N4O2. The number of aromatic nitrogens is 2. The fourth-order valence-electron chi connectivity index (χ4n) is 2.63. The largest absolute Gasteiger partial charge is 0.397 e. The van der Waals surface area contributed by atoms with Crippen LogP contribution in [0.3, 0.4) is 0 Å². The second-order valence-corrected chi connectivity index (χ2v) is 4.78. The molecule has 0 atom stereocenters. The minimum absolute atomic E-state index is 0.376. The Morgan fingerprint density at radius 3 is 2.79 bits per heavy atom. The van der Waals surface area contributed by atoms with Gasteiger partial charge in [0, 0.05) is 19.7 Å². The van der Waals surface area contributed by atoms with E-state index in [0.717, 1.165) is 43.7 Å². The molecule has 1 fully saturated rings. The van der Waals surface area contributed by atoms with Crippen LogP contribution in [0.2, 0.25) is 0 Å². The third-order valence-corrected chi connectivity index (χ3v) is 3.61. The lowest BCUT2D eigenvalue weighted by Gasteiger charge is -2.33. The second-order valence-electron chi connectivity index (χ2n) is 4.78. The summed E-state index contributed by atoms with van der Waals surface area (Å²) in [4.78, 5) is 2.29. The van der Waals surface area contributed by atoms with E-state index in [1.54, 1.807) is 0 Å². The molecule has 1 aliphatic rings. The van der Waals surface area contributed by atoms with Crippen molar-refractivity contribution in [3.63, 3.8) is 0 Å². The van der Waals surface area contributed by atoms with Gasteiger partial charge in [0.1, 0.15) is 0 Å². The number of piperidine rings is 1. The Labute approximate surface area is 111 Å². The van der Waals surface area contributed by atoms with Crippen LogP contribution >= 0.6 is 0 Å². The summed E-state index contributed by atoms with van der Waals surface area (Å²) in [5.41, 5.74) is 8.89. The number of hydrogen-bond donors (Lipinski definition) is 1. The SMILES string of the molecule is CCOC1CCN(c2ccc(N)c3nonc23)CC1. The van der Waals surface area contributed by atoms with E-state index in [4.69, 9.17) is 15.1 Å². The number of hydrogen-bond acceptors (Lipinski definition) is 6. The molecule has 1 saturated heterocycles. The Balaban J connectivity index is 1.82. The van der Waals surface area contributed by atoms with Gasteiger partial charge in [0.2, 0.25) is 0 Å². The summed E-state index contributed by atoms with van der Waals surface area (Å²) in [6.07, 6.45) is 2.44. The molecule has 0 amide bonds. The molecule has 3 rings (SSSR count). The Hall–Kier alpha value is -1.82. The number of ether oxygens (including phenoxy) is 1. The summed E-state index contributed by atoms with van der Waals surface area (Å²) >= 11 is 0. The third-order valence-electron chi connectivity index (χ3n) is 3.61. The van der Waals surface area contributed by atoms with Crippen molar-refractivity contribution in [2.24, 2.45) is 0 Å². The maximum atomic E-state index is 5.86. The topological polar surface area (TPSA) is 77.4 Å². The molecule has 0 spiro atoms. The fraction of sp³-hybridized carbons (Fsp3) is 0.538. The van der Waals surface area contributed by atoms with Gasteiger partial charge in [0.05, 0.1) is 17.5 Å². The summed E-state index contributed by atoms with van der Waals surface area (Å²) < 4.78 is 10.5. The smallest absolute Gasteiger partial charge is 0.160 e. The molecule has 1 aromatic carbocycles. The van der Waals surface area contributed by atoms with Gasteiger partial charge in [0.15, 0.2) is 11.0 Å². The molecule has 2 N–H and O–H groups in total. The fourth-order valence-corrected chi connectivity index (χ4v) is 2.63. The van der Waals surface area contributed by atoms with Gasteiger partial charge < -0.3 is 15.4 Å². The van der Waals surface area contributed by atoms with Crippen LogP contribution in [0.25, 0.3) is 11.0 Å². The van der Waals surface area contributed by atoms with Crippen LogP contribution in [0.5, 0.6) is 0 Å². The van der Waals surface area contributed by atoms with E-state index in [2.05, 4.69) is 15.2 Å². The van der Waals surface area contributed by atoms with E-state index < -0.39 is 0 Å². The zero-order valence-electron chi connectivity index (χ0n) is 11.0. The monoisotopic (exact) mass is 262 g/mol. The quantitative estimate of drug-likeness (QED) is 0.850. The van der Waals surface area contributed by atoms with Crippen molar-refractivity contribution in [1.29, 1.82) is 0 Å². The number of nitrogens with zero attached hydrogens (tertiary/aromatic N) is 3. The van der Waals surface area contributed by atoms with Crippen LogP contribution in [-0.4, -0.2) is 36.1 Å². The summed E-state index contributed by atoms with van der Waals surface area (Å²) in [7, 11) is 0. The molecule has 0 saturated carbocycles. The first-order valence-corrected chi connectivity index (χ1v) is 6.67. The second kappa shape index (κ2) is 5.05. The zero-order chi connectivity index (χ0) is 13.2. The van der Waals surface area contributed by atoms with Crippen molar-refractivity contribution in [3.8, 4) is 0 Å². The highest BCUT2D eigenvalue weighted by atomic mass is 16.6. The summed E-state index contributed by atoms with van der Waals surface area (Å²) in [6.45, 7) is 4.73. The first-order valence-electron chi connectivity index (χ1n) is 6.67. The number of benzene rings is 1. The van der Waals surface area contributed by atoms with Gasteiger partial charge in [-0.05, 0) is 42.2 Å². The van der Waals surface area contributed by atoms with E-state index >= 15 is 0 Å². The van der Waals surface area contributed by atoms with Gasteiger partial charge in [-0.3, -0.25) is 0 Å². The van der Waals surface area contributed by atoms with Crippen molar-refractivity contribution >= 4 is 22.4 Å². The summed E-state index contributed by atoms with van der Waals surface area (Å²) in [6, 6.07) is 3.85. The van der Waals surface area contributed by atoms with Gasteiger partial charge in [0.25, 0.3) is 0 Å². The van der Waals surface area contributed by atoms with Crippen molar-refractivity contribution in [2.75, 3.05) is 30.3 Å². The summed E-state index contributed by atoms with van der Waals surface area (Å²) in [5.74, 6) is 0. The van der Waals surface area contributed by atoms with E-state index in [1.807, 2.05) is 19.1 Å². The average molecular weight is 262 g/mol. The predicted octanol–water partition coefficient (Wildman–Crippen LogP) is 1.81. The highest BCUT2D eigenvalue weighted by Gasteiger charge is 2.22. The molecular weight excluding hydrogens is 244 g/mol. The Bertz CT molecular complexity index is 561. The summed E-state index contributed by atoms with van der Waals surface area (Å²) in [5, 5.41) is 7.83. The van der Waals surface area contributed by atoms with Crippen LogP contribution in [-0.2, 0) is 4.74 Å². The number of rotatable bonds is 3. The lowest BCUT2D eigenvalue weighted by molar-refractivity contribution is 0.0459. The normalized spacial score (nSPS) is 17.2. The van der Waals surface area contributed by atoms with Crippen molar-refractivity contribution < 1.29 is 9.37 Å². The number of fused-ring (bicyclic) bond motifs is 1. The van der Waals surface area contributed by atoms with Crippen molar-refractivity contribution in [2.45, 2.75) is 25.9 Å². The molecule has 19 heavy (non-hydrogen) atoms. The predicted molar refractivity (Wildman–Crippen MR) is 73.1 cm³/mol. The number of nitrogens with two attached hydrogens (primary N) is 1. The zero-order valence-corrected chi connectivity index (χ0v) is 11.0. The molecule has 0 aliphatic carbocycles. The Morgan fingerprint density at radius 1 is 1.32 bits per heavy atom. The van der Waals surface area contributed by atoms with Crippen LogP contribution in [0.1, 0.15) is 19.8 Å². The first-order chi connectivity index (χ1) is 9.29. The molecule has 0 unspecified atom stereocenters.